The summed E-state index contributed by atoms with van der Waals surface area (Å²) >= 11 is 0. The summed E-state index contributed by atoms with van der Waals surface area (Å²) in [5, 5.41) is 17.1. The maximum atomic E-state index is 11.9. The van der Waals surface area contributed by atoms with Gasteiger partial charge in [0.1, 0.15) is 6.04 Å². The van der Waals surface area contributed by atoms with Crippen LogP contribution in [-0.4, -0.2) is 21.0 Å². The van der Waals surface area contributed by atoms with Crippen molar-refractivity contribution in [2.45, 2.75) is 13.0 Å². The summed E-state index contributed by atoms with van der Waals surface area (Å²) in [7, 11) is 0. The van der Waals surface area contributed by atoms with Gasteiger partial charge < -0.3 is 14.3 Å². The van der Waals surface area contributed by atoms with Gasteiger partial charge in [0, 0.05) is 17.7 Å². The number of nitrogens with one attached hydrogen (secondary N) is 1. The smallest absolute Gasteiger partial charge is 0.287 e. The summed E-state index contributed by atoms with van der Waals surface area (Å²) < 4.78 is 10.1. The van der Waals surface area contributed by atoms with Crippen molar-refractivity contribution in [3.05, 3.63) is 64.4 Å². The molecule has 9 nitrogen and oxygen atoms in total. The number of benzene rings is 1. The van der Waals surface area contributed by atoms with E-state index in [1.807, 2.05) is 0 Å². The van der Waals surface area contributed by atoms with Crippen LogP contribution >= 0.6 is 0 Å². The van der Waals surface area contributed by atoms with Crippen molar-refractivity contribution in [2.24, 2.45) is 0 Å². The summed E-state index contributed by atoms with van der Waals surface area (Å²) in [5.74, 6) is 0.266. The summed E-state index contributed by atoms with van der Waals surface area (Å²) in [4.78, 5) is 26.3. The zero-order chi connectivity index (χ0) is 17.1. The standard InChI is InChI=1S/C15H12N4O5/c1-9(16-14(20)12-3-2-8-23-12)15-17-13(18-24-15)10-4-6-11(7-5-10)19(21)22/h2-9H,1H3,(H,16,20)/t9-/m0/s1. The Morgan fingerprint density at radius 2 is 2.04 bits per heavy atom. The van der Waals surface area contributed by atoms with Gasteiger partial charge in [-0.1, -0.05) is 5.16 Å². The maximum absolute atomic E-state index is 11.9. The highest BCUT2D eigenvalue weighted by atomic mass is 16.6. The molecule has 0 unspecified atom stereocenters. The molecule has 9 heteroatoms. The molecule has 1 N–H and O–H groups in total. The van der Waals surface area contributed by atoms with E-state index < -0.39 is 16.9 Å². The molecule has 0 fully saturated rings. The van der Waals surface area contributed by atoms with Crippen LogP contribution in [0.5, 0.6) is 0 Å². The molecule has 1 amide bonds. The van der Waals surface area contributed by atoms with Crippen LogP contribution in [-0.2, 0) is 0 Å². The van der Waals surface area contributed by atoms with E-state index in [-0.39, 0.29) is 23.2 Å². The Bertz CT molecular complexity index is 854. The van der Waals surface area contributed by atoms with E-state index in [9.17, 15) is 14.9 Å². The molecule has 0 aliphatic carbocycles. The van der Waals surface area contributed by atoms with Gasteiger partial charge in [0.15, 0.2) is 5.76 Å². The van der Waals surface area contributed by atoms with Crippen molar-refractivity contribution < 1.29 is 18.7 Å². The van der Waals surface area contributed by atoms with Crippen molar-refractivity contribution in [1.29, 1.82) is 0 Å². The second-order valence-corrected chi connectivity index (χ2v) is 4.93. The molecule has 2 heterocycles. The topological polar surface area (TPSA) is 124 Å². The van der Waals surface area contributed by atoms with E-state index in [1.54, 1.807) is 13.0 Å². The molecule has 0 aliphatic rings. The number of rotatable bonds is 5. The monoisotopic (exact) mass is 328 g/mol. The van der Waals surface area contributed by atoms with Crippen molar-refractivity contribution >= 4 is 11.6 Å². The molecular formula is C15H12N4O5. The Hall–Kier alpha value is -3.49. The van der Waals surface area contributed by atoms with E-state index >= 15 is 0 Å². The number of aromatic nitrogens is 2. The molecule has 1 atom stereocenters. The molecule has 3 aromatic rings. The lowest BCUT2D eigenvalue weighted by molar-refractivity contribution is -0.384. The zero-order valence-corrected chi connectivity index (χ0v) is 12.5. The predicted molar refractivity (Wildman–Crippen MR) is 81.0 cm³/mol. The number of nitrogens with zero attached hydrogens (tertiary/aromatic N) is 3. The number of furan rings is 1. The van der Waals surface area contributed by atoms with Gasteiger partial charge in [0.05, 0.1) is 11.2 Å². The number of carbonyl (C=O) groups is 1. The normalized spacial score (nSPS) is 11.9. The number of nitro benzene ring substituents is 1. The maximum Gasteiger partial charge on any atom is 0.287 e. The first-order valence-electron chi connectivity index (χ1n) is 6.97. The summed E-state index contributed by atoms with van der Waals surface area (Å²) in [6.07, 6.45) is 1.40. The van der Waals surface area contributed by atoms with E-state index in [2.05, 4.69) is 15.5 Å². The lowest BCUT2D eigenvalue weighted by Crippen LogP contribution is -2.26. The van der Waals surface area contributed by atoms with Crippen LogP contribution in [0.25, 0.3) is 11.4 Å². The highest BCUT2D eigenvalue weighted by molar-refractivity contribution is 5.91. The number of hydrogen-bond acceptors (Lipinski definition) is 7. The molecule has 0 spiro atoms. The molecule has 24 heavy (non-hydrogen) atoms. The van der Waals surface area contributed by atoms with Gasteiger partial charge in [-0.2, -0.15) is 4.98 Å². The van der Waals surface area contributed by atoms with Gasteiger partial charge in [-0.25, -0.2) is 0 Å². The molecule has 2 aromatic heterocycles. The Kier molecular flexibility index (Phi) is 4.06. The quantitative estimate of drug-likeness (QED) is 0.564. The minimum Gasteiger partial charge on any atom is -0.459 e. The molecule has 1 aromatic carbocycles. The summed E-state index contributed by atoms with van der Waals surface area (Å²) in [6.45, 7) is 1.69. The molecule has 0 aliphatic heterocycles. The highest BCUT2D eigenvalue weighted by Crippen LogP contribution is 2.21. The van der Waals surface area contributed by atoms with Crippen molar-refractivity contribution in [3.63, 3.8) is 0 Å². The second-order valence-electron chi connectivity index (χ2n) is 4.93. The molecule has 122 valence electrons. The van der Waals surface area contributed by atoms with E-state index in [0.717, 1.165) is 0 Å². The average Bonchev–Trinajstić information content (AvgIpc) is 3.26. The predicted octanol–water partition coefficient (Wildman–Crippen LogP) is 2.73. The number of hydrogen-bond donors (Lipinski definition) is 1. The van der Waals surface area contributed by atoms with Gasteiger partial charge >= 0.3 is 0 Å². The average molecular weight is 328 g/mol. The fourth-order valence-corrected chi connectivity index (χ4v) is 2.00. The Morgan fingerprint density at radius 3 is 2.67 bits per heavy atom. The number of carbonyl (C=O) groups excluding carboxylic acids is 1. The minimum atomic E-state index is -0.526. The van der Waals surface area contributed by atoms with E-state index in [1.165, 1.54) is 36.6 Å². The van der Waals surface area contributed by atoms with E-state index in [4.69, 9.17) is 8.94 Å². The molecule has 0 radical (unpaired) electrons. The molecular weight excluding hydrogens is 316 g/mol. The van der Waals surface area contributed by atoms with Crippen LogP contribution in [0.2, 0.25) is 0 Å². The minimum absolute atomic E-state index is 0.0263. The molecule has 0 bridgehead atoms. The first-order chi connectivity index (χ1) is 11.5. The van der Waals surface area contributed by atoms with Crippen molar-refractivity contribution in [3.8, 4) is 11.4 Å². The third kappa shape index (κ3) is 3.14. The summed E-state index contributed by atoms with van der Waals surface area (Å²) in [6, 6.07) is 8.39. The van der Waals surface area contributed by atoms with Gasteiger partial charge in [0.25, 0.3) is 11.6 Å². The lowest BCUT2D eigenvalue weighted by atomic mass is 10.2. The number of amides is 1. The van der Waals surface area contributed by atoms with Crippen LogP contribution in [0, 0.1) is 10.1 Å². The second kappa shape index (κ2) is 6.32. The van der Waals surface area contributed by atoms with Crippen molar-refractivity contribution in [1.82, 2.24) is 15.5 Å². The van der Waals surface area contributed by atoms with E-state index in [0.29, 0.717) is 5.56 Å². The lowest BCUT2D eigenvalue weighted by Gasteiger charge is -2.07. The van der Waals surface area contributed by atoms with Gasteiger partial charge in [-0.3, -0.25) is 14.9 Å². The third-order valence-electron chi connectivity index (χ3n) is 3.24. The highest BCUT2D eigenvalue weighted by Gasteiger charge is 2.19. The van der Waals surface area contributed by atoms with Gasteiger partial charge in [0.2, 0.25) is 11.7 Å². The third-order valence-corrected chi connectivity index (χ3v) is 3.24. The van der Waals surface area contributed by atoms with Gasteiger partial charge in [-0.05, 0) is 31.2 Å². The first kappa shape index (κ1) is 15.4. The molecule has 0 saturated heterocycles. The molecule has 3 rings (SSSR count). The van der Waals surface area contributed by atoms with Crippen LogP contribution < -0.4 is 5.32 Å². The van der Waals surface area contributed by atoms with Crippen molar-refractivity contribution in [2.75, 3.05) is 0 Å². The number of nitro groups is 1. The van der Waals surface area contributed by atoms with Gasteiger partial charge in [-0.15, -0.1) is 0 Å². The van der Waals surface area contributed by atoms with Crippen LogP contribution in [0.4, 0.5) is 5.69 Å². The fraction of sp³-hybridized carbons (Fsp3) is 0.133. The Morgan fingerprint density at radius 1 is 1.29 bits per heavy atom. The number of non-ortho nitro benzene ring substituents is 1. The van der Waals surface area contributed by atoms with Crippen LogP contribution in [0.3, 0.4) is 0 Å². The Labute approximate surface area is 135 Å². The SMILES string of the molecule is C[C@H](NC(=O)c1ccco1)c1nc(-c2ccc([N+](=O)[O-])cc2)no1. The fourth-order valence-electron chi connectivity index (χ4n) is 2.00. The van der Waals surface area contributed by atoms with Crippen LogP contribution in [0.1, 0.15) is 29.4 Å². The van der Waals surface area contributed by atoms with Crippen LogP contribution in [0.15, 0.2) is 51.6 Å². The Balaban J connectivity index is 1.72. The summed E-state index contributed by atoms with van der Waals surface area (Å²) in [5.41, 5.74) is 0.543. The largest absolute Gasteiger partial charge is 0.459 e. The zero-order valence-electron chi connectivity index (χ0n) is 12.5. The molecule has 0 saturated carbocycles. The first-order valence-corrected chi connectivity index (χ1v) is 6.97.